The molecule has 1 unspecified atom stereocenters. The predicted octanol–water partition coefficient (Wildman–Crippen LogP) is 8.07. The number of hydrogen-bond acceptors (Lipinski definition) is 3. The zero-order valence-corrected chi connectivity index (χ0v) is 22.2. The van der Waals surface area contributed by atoms with Crippen molar-refractivity contribution in [3.63, 3.8) is 0 Å². The van der Waals surface area contributed by atoms with Gasteiger partial charge in [0.1, 0.15) is 11.7 Å². The smallest absolute Gasteiger partial charge is 0.135 e. The standard InChI is InChI=1S/C34H29N5/c1-4-26-12-8-7-11-19-38(30-17-15-24(22-35)20-28(26)30)33(5-2)37-34(6-3)39-31-14-10-9-13-27(31)29-21-25(23-36)16-18-32(29)39/h5-18,20-21,26H,2,4,19H2,1,3H3/b11-7-,12-8-,34-6+,37-33?. The number of fused-ring (bicyclic) bond motifs is 4. The van der Waals surface area contributed by atoms with Gasteiger partial charge in [-0.15, -0.1) is 0 Å². The van der Waals surface area contributed by atoms with Gasteiger partial charge >= 0.3 is 0 Å². The van der Waals surface area contributed by atoms with Gasteiger partial charge in [0.15, 0.2) is 0 Å². The van der Waals surface area contributed by atoms with Crippen LogP contribution in [0.5, 0.6) is 0 Å². The van der Waals surface area contributed by atoms with Crippen molar-refractivity contribution in [1.82, 2.24) is 4.57 Å². The maximum absolute atomic E-state index is 9.60. The molecule has 1 aliphatic heterocycles. The molecule has 0 N–H and O–H groups in total. The monoisotopic (exact) mass is 507 g/mol. The second kappa shape index (κ2) is 11.1. The number of aromatic nitrogens is 1. The third kappa shape index (κ3) is 4.67. The van der Waals surface area contributed by atoms with Gasteiger partial charge in [-0.25, -0.2) is 4.99 Å². The Morgan fingerprint density at radius 1 is 1.00 bits per heavy atom. The normalized spacial score (nSPS) is 17.4. The van der Waals surface area contributed by atoms with E-state index in [1.165, 1.54) is 0 Å². The van der Waals surface area contributed by atoms with E-state index in [-0.39, 0.29) is 5.92 Å². The summed E-state index contributed by atoms with van der Waals surface area (Å²) in [7, 11) is 0. The Morgan fingerprint density at radius 2 is 1.74 bits per heavy atom. The fraction of sp³-hybridized carbons (Fsp3) is 0.147. The number of para-hydroxylation sites is 1. The first kappa shape index (κ1) is 25.5. The van der Waals surface area contributed by atoms with E-state index >= 15 is 0 Å². The van der Waals surface area contributed by atoms with Crippen LogP contribution in [0.25, 0.3) is 27.6 Å². The molecule has 5 nitrogen and oxygen atoms in total. The van der Waals surface area contributed by atoms with Crippen LogP contribution in [-0.4, -0.2) is 16.9 Å². The van der Waals surface area contributed by atoms with Crippen molar-refractivity contribution in [2.75, 3.05) is 11.4 Å². The van der Waals surface area contributed by atoms with Crippen LogP contribution in [0, 0.1) is 22.7 Å². The zero-order valence-electron chi connectivity index (χ0n) is 22.2. The molecule has 1 aliphatic rings. The van der Waals surface area contributed by atoms with E-state index < -0.39 is 0 Å². The molecule has 3 aromatic carbocycles. The molecule has 0 bridgehead atoms. The van der Waals surface area contributed by atoms with Crippen LogP contribution in [0.3, 0.4) is 0 Å². The summed E-state index contributed by atoms with van der Waals surface area (Å²) in [6.07, 6.45) is 13.1. The van der Waals surface area contributed by atoms with E-state index in [1.54, 1.807) is 6.08 Å². The van der Waals surface area contributed by atoms with Crippen LogP contribution >= 0.6 is 0 Å². The first-order chi connectivity index (χ1) is 19.1. The maximum atomic E-state index is 9.60. The van der Waals surface area contributed by atoms with Crippen molar-refractivity contribution in [2.45, 2.75) is 26.2 Å². The summed E-state index contributed by atoms with van der Waals surface area (Å²) in [4.78, 5) is 7.34. The fourth-order valence-corrected chi connectivity index (χ4v) is 5.25. The zero-order chi connectivity index (χ0) is 27.4. The average Bonchev–Trinajstić information content (AvgIpc) is 3.35. The minimum Gasteiger partial charge on any atom is -0.322 e. The number of allylic oxidation sites excluding steroid dienone is 4. The van der Waals surface area contributed by atoms with Crippen molar-refractivity contribution in [3.05, 3.63) is 120 Å². The molecule has 0 saturated carbocycles. The number of nitriles is 2. The molecule has 0 saturated heterocycles. The summed E-state index contributed by atoms with van der Waals surface area (Å²) in [6.45, 7) is 8.87. The second-order valence-corrected chi connectivity index (χ2v) is 9.34. The summed E-state index contributed by atoms with van der Waals surface area (Å²) in [6, 6.07) is 24.4. The summed E-state index contributed by atoms with van der Waals surface area (Å²) in [5.41, 5.74) is 5.36. The number of aliphatic imine (C=N–C) groups is 1. The van der Waals surface area contributed by atoms with Crippen LogP contribution in [0.4, 0.5) is 5.69 Å². The Labute approximate surface area is 229 Å². The Balaban J connectivity index is 1.71. The van der Waals surface area contributed by atoms with E-state index in [1.807, 2.05) is 61.5 Å². The van der Waals surface area contributed by atoms with E-state index in [0.29, 0.717) is 23.5 Å². The number of rotatable bonds is 4. The van der Waals surface area contributed by atoms with Crippen LogP contribution in [0.15, 0.2) is 109 Å². The lowest BCUT2D eigenvalue weighted by atomic mass is 9.92. The Morgan fingerprint density at radius 3 is 2.49 bits per heavy atom. The molecule has 0 radical (unpaired) electrons. The van der Waals surface area contributed by atoms with E-state index in [2.05, 4.69) is 71.5 Å². The molecule has 5 heteroatoms. The quantitative estimate of drug-likeness (QED) is 0.207. The number of amidine groups is 1. The number of anilines is 1. The molecule has 0 amide bonds. The second-order valence-electron chi connectivity index (χ2n) is 9.34. The fourth-order valence-electron chi connectivity index (χ4n) is 5.25. The van der Waals surface area contributed by atoms with Crippen LogP contribution in [-0.2, 0) is 0 Å². The molecule has 1 aromatic heterocycles. The molecule has 39 heavy (non-hydrogen) atoms. The van der Waals surface area contributed by atoms with Crippen LogP contribution in [0.1, 0.15) is 42.9 Å². The van der Waals surface area contributed by atoms with Crippen molar-refractivity contribution >= 4 is 39.1 Å². The molecule has 0 aliphatic carbocycles. The maximum Gasteiger partial charge on any atom is 0.135 e. The van der Waals surface area contributed by atoms with Gasteiger partial charge < -0.3 is 4.90 Å². The number of hydrogen-bond donors (Lipinski definition) is 0. The molecule has 190 valence electrons. The average molecular weight is 508 g/mol. The highest BCUT2D eigenvalue weighted by Crippen LogP contribution is 2.35. The molecule has 1 atom stereocenters. The van der Waals surface area contributed by atoms with Crippen molar-refractivity contribution in [2.24, 2.45) is 4.99 Å². The van der Waals surface area contributed by atoms with Gasteiger partial charge in [0, 0.05) is 28.9 Å². The molecule has 0 fully saturated rings. The lowest BCUT2D eigenvalue weighted by Crippen LogP contribution is -2.31. The Kier molecular flexibility index (Phi) is 7.26. The van der Waals surface area contributed by atoms with Gasteiger partial charge in [0.25, 0.3) is 0 Å². The summed E-state index contributed by atoms with van der Waals surface area (Å²) < 4.78 is 2.14. The molecule has 2 heterocycles. The van der Waals surface area contributed by atoms with E-state index in [4.69, 9.17) is 4.99 Å². The molecule has 4 aromatic rings. The van der Waals surface area contributed by atoms with Crippen molar-refractivity contribution in [1.29, 1.82) is 10.5 Å². The SMILES string of the molecule is C=CC(=N/C(=C\C)n1c2ccccc2c2cc(C#N)ccc21)N1C/C=C\C=C/C(CC)c2cc(C#N)ccc21. The molecular weight excluding hydrogens is 478 g/mol. The Hall–Kier alpha value is -5.13. The first-order valence-electron chi connectivity index (χ1n) is 13.1. The third-order valence-electron chi connectivity index (χ3n) is 7.14. The lowest BCUT2D eigenvalue weighted by molar-refractivity contribution is 0.803. The minimum atomic E-state index is 0.164. The van der Waals surface area contributed by atoms with Gasteiger partial charge in [0.2, 0.25) is 0 Å². The largest absolute Gasteiger partial charge is 0.322 e. The van der Waals surface area contributed by atoms with Crippen LogP contribution < -0.4 is 4.90 Å². The summed E-state index contributed by atoms with van der Waals surface area (Å²) >= 11 is 0. The lowest BCUT2D eigenvalue weighted by Gasteiger charge is -2.28. The van der Waals surface area contributed by atoms with Crippen molar-refractivity contribution < 1.29 is 0 Å². The highest BCUT2D eigenvalue weighted by molar-refractivity contribution is 6.12. The minimum absolute atomic E-state index is 0.164. The molecule has 0 spiro atoms. The van der Waals surface area contributed by atoms with Crippen molar-refractivity contribution in [3.8, 4) is 12.1 Å². The van der Waals surface area contributed by atoms with Gasteiger partial charge in [-0.1, -0.05) is 56.0 Å². The number of benzene rings is 3. The Bertz CT molecular complexity index is 1780. The first-order valence-corrected chi connectivity index (χ1v) is 13.1. The van der Waals surface area contributed by atoms with Crippen LogP contribution in [0.2, 0.25) is 0 Å². The highest BCUT2D eigenvalue weighted by Gasteiger charge is 2.21. The van der Waals surface area contributed by atoms with Gasteiger partial charge in [0.05, 0.1) is 34.3 Å². The summed E-state index contributed by atoms with van der Waals surface area (Å²) in [5.74, 6) is 1.62. The summed E-state index contributed by atoms with van der Waals surface area (Å²) in [5, 5.41) is 21.2. The number of nitrogens with zero attached hydrogens (tertiary/aromatic N) is 5. The molecular formula is C34H29N5. The van der Waals surface area contributed by atoms with E-state index in [0.717, 1.165) is 45.3 Å². The van der Waals surface area contributed by atoms with Gasteiger partial charge in [-0.2, -0.15) is 10.5 Å². The van der Waals surface area contributed by atoms with Gasteiger partial charge in [-0.05, 0) is 73.5 Å². The predicted molar refractivity (Wildman–Crippen MR) is 162 cm³/mol. The van der Waals surface area contributed by atoms with E-state index in [9.17, 15) is 10.5 Å². The van der Waals surface area contributed by atoms with Gasteiger partial charge in [-0.3, -0.25) is 4.57 Å². The highest BCUT2D eigenvalue weighted by atomic mass is 15.2. The topological polar surface area (TPSA) is 68.1 Å². The molecule has 5 rings (SSSR count). The third-order valence-corrected chi connectivity index (χ3v) is 7.14.